The van der Waals surface area contributed by atoms with Crippen molar-refractivity contribution in [3.8, 4) is 0 Å². The number of halogens is 4. The van der Waals surface area contributed by atoms with E-state index in [2.05, 4.69) is 31.9 Å². The van der Waals surface area contributed by atoms with Crippen LogP contribution in [0.3, 0.4) is 0 Å². The van der Waals surface area contributed by atoms with Crippen LogP contribution in [0.4, 0.5) is 4.39 Å². The van der Waals surface area contributed by atoms with Gasteiger partial charge in [-0.05, 0) is 48.3 Å². The predicted molar refractivity (Wildman–Crippen MR) is 87.1 cm³/mol. The van der Waals surface area contributed by atoms with E-state index in [9.17, 15) is 4.39 Å². The fraction of sp³-hybridized carbons (Fsp3) is 0.600. The van der Waals surface area contributed by atoms with E-state index in [1.165, 1.54) is 31.7 Å². The quantitative estimate of drug-likeness (QED) is 0.521. The van der Waals surface area contributed by atoms with Crippen molar-refractivity contribution < 1.29 is 4.39 Å². The van der Waals surface area contributed by atoms with Gasteiger partial charge in [-0.15, -0.1) is 0 Å². The van der Waals surface area contributed by atoms with Crippen molar-refractivity contribution >= 4 is 43.5 Å². The third kappa shape index (κ3) is 3.54. The summed E-state index contributed by atoms with van der Waals surface area (Å²) in [6, 6.07) is 5.10. The summed E-state index contributed by atoms with van der Waals surface area (Å²) in [7, 11) is 0. The summed E-state index contributed by atoms with van der Waals surface area (Å²) < 4.78 is 13.2. The second-order valence-corrected chi connectivity index (χ2v) is 7.06. The molecule has 0 spiro atoms. The predicted octanol–water partition coefficient (Wildman–Crippen LogP) is 5.99. The molecule has 1 aliphatic carbocycles. The molecule has 0 radical (unpaired) electrons. The molecule has 1 saturated carbocycles. The normalized spacial score (nSPS) is 17.1. The van der Waals surface area contributed by atoms with E-state index in [0.29, 0.717) is 0 Å². The fourth-order valence-corrected chi connectivity index (χ4v) is 5.53. The van der Waals surface area contributed by atoms with Crippen LogP contribution in [0.1, 0.15) is 31.2 Å². The molecule has 19 heavy (non-hydrogen) atoms. The van der Waals surface area contributed by atoms with Crippen LogP contribution < -0.4 is 0 Å². The van der Waals surface area contributed by atoms with Crippen LogP contribution in [0.25, 0.3) is 0 Å². The second-order valence-electron chi connectivity index (χ2n) is 5.54. The van der Waals surface area contributed by atoms with Gasteiger partial charge in [0.1, 0.15) is 5.82 Å². The molecule has 0 bridgehead atoms. The highest BCUT2D eigenvalue weighted by Crippen LogP contribution is 2.45. The lowest BCUT2D eigenvalue weighted by Gasteiger charge is -2.36. The zero-order valence-electron chi connectivity index (χ0n) is 10.8. The Morgan fingerprint density at radius 1 is 1.21 bits per heavy atom. The molecule has 0 aliphatic heterocycles. The molecule has 0 saturated heterocycles. The Balaban J connectivity index is 2.21. The molecule has 1 aromatic rings. The molecule has 1 fully saturated rings. The standard InChI is InChI=1S/C15H18Br2ClF/c16-9-15(10-17,12-3-1-2-4-12)8-11-5-6-14(19)13(18)7-11/h5-7,12H,1-4,8-10H2. The lowest BCUT2D eigenvalue weighted by atomic mass is 9.73. The molecule has 0 N–H and O–H groups in total. The monoisotopic (exact) mass is 410 g/mol. The molecule has 0 nitrogen and oxygen atoms in total. The summed E-state index contributed by atoms with van der Waals surface area (Å²) in [5.41, 5.74) is 1.33. The van der Waals surface area contributed by atoms with Gasteiger partial charge in [0, 0.05) is 10.7 Å². The van der Waals surface area contributed by atoms with Gasteiger partial charge in [0.25, 0.3) is 0 Å². The summed E-state index contributed by atoms with van der Waals surface area (Å²) in [6.45, 7) is 0. The molecule has 1 aliphatic rings. The van der Waals surface area contributed by atoms with Crippen molar-refractivity contribution in [2.75, 3.05) is 10.7 Å². The van der Waals surface area contributed by atoms with E-state index in [4.69, 9.17) is 11.6 Å². The zero-order valence-corrected chi connectivity index (χ0v) is 14.7. The van der Waals surface area contributed by atoms with Crippen LogP contribution in [0, 0.1) is 17.2 Å². The Morgan fingerprint density at radius 3 is 2.37 bits per heavy atom. The van der Waals surface area contributed by atoms with Crippen LogP contribution >= 0.6 is 43.5 Å². The Bertz CT molecular complexity index is 426. The lowest BCUT2D eigenvalue weighted by molar-refractivity contribution is 0.233. The average molecular weight is 413 g/mol. The molecular formula is C15H18Br2ClF. The summed E-state index contributed by atoms with van der Waals surface area (Å²) >= 11 is 13.3. The topological polar surface area (TPSA) is 0 Å². The van der Waals surface area contributed by atoms with Crippen LogP contribution in [0.15, 0.2) is 18.2 Å². The Kier molecular flexibility index (Phi) is 5.74. The Morgan fingerprint density at radius 2 is 1.84 bits per heavy atom. The molecule has 2 rings (SSSR count). The molecule has 0 heterocycles. The second kappa shape index (κ2) is 6.91. The highest BCUT2D eigenvalue weighted by atomic mass is 79.9. The minimum absolute atomic E-state index is 0.206. The molecule has 106 valence electrons. The van der Waals surface area contributed by atoms with Gasteiger partial charge in [-0.3, -0.25) is 0 Å². The van der Waals surface area contributed by atoms with E-state index in [1.54, 1.807) is 6.07 Å². The van der Waals surface area contributed by atoms with Crippen molar-refractivity contribution in [2.24, 2.45) is 11.3 Å². The van der Waals surface area contributed by atoms with Crippen molar-refractivity contribution in [2.45, 2.75) is 32.1 Å². The first kappa shape index (κ1) is 15.8. The van der Waals surface area contributed by atoms with Gasteiger partial charge in [0.2, 0.25) is 0 Å². The van der Waals surface area contributed by atoms with Crippen molar-refractivity contribution in [3.63, 3.8) is 0 Å². The van der Waals surface area contributed by atoms with Gasteiger partial charge in [-0.1, -0.05) is 62.4 Å². The van der Waals surface area contributed by atoms with Crippen molar-refractivity contribution in [1.82, 2.24) is 0 Å². The summed E-state index contributed by atoms with van der Waals surface area (Å²) in [6.07, 6.45) is 6.19. The van der Waals surface area contributed by atoms with E-state index >= 15 is 0 Å². The maximum atomic E-state index is 13.2. The van der Waals surface area contributed by atoms with Crippen molar-refractivity contribution in [3.05, 3.63) is 34.6 Å². The molecule has 0 amide bonds. The minimum Gasteiger partial charge on any atom is -0.205 e. The van der Waals surface area contributed by atoms with Gasteiger partial charge in [-0.25, -0.2) is 4.39 Å². The maximum absolute atomic E-state index is 13.2. The number of rotatable bonds is 5. The van der Waals surface area contributed by atoms with E-state index in [1.807, 2.05) is 6.07 Å². The molecular weight excluding hydrogens is 394 g/mol. The highest BCUT2D eigenvalue weighted by molar-refractivity contribution is 9.09. The fourth-order valence-electron chi connectivity index (χ4n) is 3.09. The van der Waals surface area contributed by atoms with Gasteiger partial charge in [0.15, 0.2) is 0 Å². The minimum atomic E-state index is -0.338. The number of alkyl halides is 2. The first-order chi connectivity index (χ1) is 9.11. The molecule has 0 unspecified atom stereocenters. The van der Waals surface area contributed by atoms with E-state index in [0.717, 1.165) is 28.6 Å². The summed E-state index contributed by atoms with van der Waals surface area (Å²) in [5, 5.41) is 2.15. The van der Waals surface area contributed by atoms with E-state index < -0.39 is 0 Å². The number of hydrogen-bond acceptors (Lipinski definition) is 0. The smallest absolute Gasteiger partial charge is 0.141 e. The van der Waals surface area contributed by atoms with Crippen LogP contribution in [0.5, 0.6) is 0 Å². The zero-order chi connectivity index (χ0) is 13.9. The third-order valence-electron chi connectivity index (χ3n) is 4.29. The van der Waals surface area contributed by atoms with Crippen molar-refractivity contribution in [1.29, 1.82) is 0 Å². The van der Waals surface area contributed by atoms with E-state index in [-0.39, 0.29) is 16.3 Å². The number of hydrogen-bond donors (Lipinski definition) is 0. The van der Waals surface area contributed by atoms with Gasteiger partial charge >= 0.3 is 0 Å². The van der Waals surface area contributed by atoms with Crippen LogP contribution in [0.2, 0.25) is 5.02 Å². The molecule has 0 aromatic heterocycles. The van der Waals surface area contributed by atoms with Crippen LogP contribution in [-0.4, -0.2) is 10.7 Å². The largest absolute Gasteiger partial charge is 0.205 e. The first-order valence-corrected chi connectivity index (χ1v) is 9.29. The average Bonchev–Trinajstić information content (AvgIpc) is 2.95. The SMILES string of the molecule is Fc1ccc(CC(CBr)(CBr)C2CCCC2)cc1Cl. The van der Waals surface area contributed by atoms with Gasteiger partial charge in [-0.2, -0.15) is 0 Å². The molecule has 1 aromatic carbocycles. The maximum Gasteiger partial charge on any atom is 0.141 e. The molecule has 0 atom stereocenters. The summed E-state index contributed by atoms with van der Waals surface area (Å²) in [4.78, 5) is 0. The first-order valence-electron chi connectivity index (χ1n) is 6.67. The Labute approximate surface area is 136 Å². The molecule has 4 heteroatoms. The Hall–Kier alpha value is 0.400. The van der Waals surface area contributed by atoms with Crippen LogP contribution in [-0.2, 0) is 6.42 Å². The summed E-state index contributed by atoms with van der Waals surface area (Å²) in [5.74, 6) is 0.393. The lowest BCUT2D eigenvalue weighted by Crippen LogP contribution is -2.35. The number of benzene rings is 1. The third-order valence-corrected chi connectivity index (χ3v) is 6.82. The van der Waals surface area contributed by atoms with Gasteiger partial charge in [0.05, 0.1) is 5.02 Å². The van der Waals surface area contributed by atoms with Gasteiger partial charge < -0.3 is 0 Å². The highest BCUT2D eigenvalue weighted by Gasteiger charge is 2.38.